The topological polar surface area (TPSA) is 29.1 Å². The van der Waals surface area contributed by atoms with E-state index in [0.29, 0.717) is 0 Å². The van der Waals surface area contributed by atoms with Crippen LogP contribution in [0.3, 0.4) is 0 Å². The number of rotatable bonds is 3. The normalized spacial score (nSPS) is 16.6. The molecule has 0 radical (unpaired) electrons. The number of amides is 1. The predicted molar refractivity (Wildman–Crippen MR) is 85.2 cm³/mol. The smallest absolute Gasteiger partial charge is 0.251 e. The maximum absolute atomic E-state index is 12.6. The first-order valence-electron chi connectivity index (χ1n) is 7.64. The molecule has 1 amide bonds. The van der Waals surface area contributed by atoms with E-state index in [0.717, 1.165) is 18.4 Å². The second-order valence-corrected chi connectivity index (χ2v) is 5.98. The number of carbonyl (C=O) groups is 1. The third kappa shape index (κ3) is 2.85. The van der Waals surface area contributed by atoms with Gasteiger partial charge in [-0.15, -0.1) is 0 Å². The van der Waals surface area contributed by atoms with Crippen LogP contribution in [0.15, 0.2) is 54.6 Å². The van der Waals surface area contributed by atoms with Crippen LogP contribution in [-0.4, -0.2) is 5.91 Å². The molecule has 2 heteroatoms. The van der Waals surface area contributed by atoms with Crippen molar-refractivity contribution >= 4 is 5.91 Å². The molecule has 0 aliphatic heterocycles. The molecule has 0 aromatic heterocycles. The van der Waals surface area contributed by atoms with Gasteiger partial charge in [-0.2, -0.15) is 0 Å². The van der Waals surface area contributed by atoms with Crippen LogP contribution in [0.5, 0.6) is 0 Å². The number of nitrogens with one attached hydrogen (secondary N) is 1. The summed E-state index contributed by atoms with van der Waals surface area (Å²) in [7, 11) is 0. The number of hydrogen-bond acceptors (Lipinski definition) is 1. The van der Waals surface area contributed by atoms with Gasteiger partial charge in [0.05, 0.1) is 5.54 Å². The Bertz CT molecular complexity index is 610. The van der Waals surface area contributed by atoms with Crippen LogP contribution in [0.1, 0.15) is 47.2 Å². The van der Waals surface area contributed by atoms with Crippen molar-refractivity contribution in [3.8, 4) is 0 Å². The Hall–Kier alpha value is -2.09. The fraction of sp³-hybridized carbons (Fsp3) is 0.316. The first-order chi connectivity index (χ1) is 10.2. The zero-order valence-corrected chi connectivity index (χ0v) is 12.4. The molecule has 3 rings (SSSR count). The lowest BCUT2D eigenvalue weighted by atomic mass is 9.88. The predicted octanol–water partition coefficient (Wildman–Crippen LogP) is 4.19. The van der Waals surface area contributed by atoms with Crippen molar-refractivity contribution in [2.24, 2.45) is 0 Å². The van der Waals surface area contributed by atoms with Gasteiger partial charge in [-0.1, -0.05) is 60.9 Å². The van der Waals surface area contributed by atoms with Crippen molar-refractivity contribution in [1.29, 1.82) is 0 Å². The standard InChI is InChI=1S/C19H21NO/c1-15-9-11-16(12-10-15)18(21)20-19(13-5-6-14-19)17-7-3-2-4-8-17/h2-4,7-12H,5-6,13-14H2,1H3,(H,20,21). The summed E-state index contributed by atoms with van der Waals surface area (Å²) in [6, 6.07) is 18.1. The molecular formula is C19H21NO. The van der Waals surface area contributed by atoms with Gasteiger partial charge in [0.15, 0.2) is 0 Å². The highest BCUT2D eigenvalue weighted by Crippen LogP contribution is 2.38. The van der Waals surface area contributed by atoms with Gasteiger partial charge in [-0.3, -0.25) is 4.79 Å². The lowest BCUT2D eigenvalue weighted by molar-refractivity contribution is 0.0898. The van der Waals surface area contributed by atoms with Gasteiger partial charge in [-0.05, 0) is 37.5 Å². The van der Waals surface area contributed by atoms with Gasteiger partial charge in [0, 0.05) is 5.56 Å². The molecule has 108 valence electrons. The Balaban J connectivity index is 1.86. The Morgan fingerprint density at radius 1 is 0.952 bits per heavy atom. The van der Waals surface area contributed by atoms with Gasteiger partial charge >= 0.3 is 0 Å². The molecule has 1 aliphatic rings. The number of aryl methyl sites for hydroxylation is 1. The first kappa shape index (κ1) is 13.9. The highest BCUT2D eigenvalue weighted by molar-refractivity contribution is 5.94. The molecule has 1 N–H and O–H groups in total. The van der Waals surface area contributed by atoms with Crippen molar-refractivity contribution in [2.45, 2.75) is 38.1 Å². The molecule has 1 aliphatic carbocycles. The average Bonchev–Trinajstić information content (AvgIpc) is 2.98. The minimum Gasteiger partial charge on any atom is -0.343 e. The summed E-state index contributed by atoms with van der Waals surface area (Å²) in [5, 5.41) is 3.31. The van der Waals surface area contributed by atoms with E-state index in [2.05, 4.69) is 17.4 Å². The van der Waals surface area contributed by atoms with Crippen molar-refractivity contribution in [3.05, 3.63) is 71.3 Å². The maximum atomic E-state index is 12.6. The van der Waals surface area contributed by atoms with Crippen LogP contribution >= 0.6 is 0 Å². The Labute approximate surface area is 126 Å². The molecule has 0 unspecified atom stereocenters. The summed E-state index contributed by atoms with van der Waals surface area (Å²) in [6.45, 7) is 2.03. The average molecular weight is 279 g/mol. The summed E-state index contributed by atoms with van der Waals surface area (Å²) in [5.41, 5.74) is 2.94. The van der Waals surface area contributed by atoms with Crippen LogP contribution < -0.4 is 5.32 Å². The van der Waals surface area contributed by atoms with E-state index in [9.17, 15) is 4.79 Å². The summed E-state index contributed by atoms with van der Waals surface area (Å²) >= 11 is 0. The largest absolute Gasteiger partial charge is 0.343 e. The molecule has 2 nitrogen and oxygen atoms in total. The quantitative estimate of drug-likeness (QED) is 0.896. The Morgan fingerprint density at radius 2 is 1.57 bits per heavy atom. The molecule has 1 fully saturated rings. The minimum atomic E-state index is -0.191. The molecule has 0 spiro atoms. The summed E-state index contributed by atoms with van der Waals surface area (Å²) in [4.78, 5) is 12.6. The highest BCUT2D eigenvalue weighted by atomic mass is 16.1. The zero-order valence-electron chi connectivity index (χ0n) is 12.4. The van der Waals surface area contributed by atoms with E-state index >= 15 is 0 Å². The van der Waals surface area contributed by atoms with Crippen molar-refractivity contribution in [3.63, 3.8) is 0 Å². The fourth-order valence-electron chi connectivity index (χ4n) is 3.22. The molecule has 0 atom stereocenters. The van der Waals surface area contributed by atoms with E-state index in [1.54, 1.807) is 0 Å². The van der Waals surface area contributed by atoms with E-state index < -0.39 is 0 Å². The second kappa shape index (κ2) is 5.72. The van der Waals surface area contributed by atoms with Gasteiger partial charge < -0.3 is 5.32 Å². The first-order valence-corrected chi connectivity index (χ1v) is 7.64. The van der Waals surface area contributed by atoms with Crippen molar-refractivity contribution < 1.29 is 4.79 Å². The highest BCUT2D eigenvalue weighted by Gasteiger charge is 2.36. The van der Waals surface area contributed by atoms with Gasteiger partial charge in [0.2, 0.25) is 0 Å². The summed E-state index contributed by atoms with van der Waals surface area (Å²) in [5.74, 6) is 0.0285. The molecule has 1 saturated carbocycles. The fourth-order valence-corrected chi connectivity index (χ4v) is 3.22. The lowest BCUT2D eigenvalue weighted by Crippen LogP contribution is -2.43. The van der Waals surface area contributed by atoms with E-state index in [-0.39, 0.29) is 11.4 Å². The molecular weight excluding hydrogens is 258 g/mol. The van der Waals surface area contributed by atoms with Gasteiger partial charge in [-0.25, -0.2) is 0 Å². The van der Waals surface area contributed by atoms with Crippen LogP contribution in [0, 0.1) is 6.92 Å². The third-order valence-electron chi connectivity index (χ3n) is 4.45. The van der Waals surface area contributed by atoms with Crippen LogP contribution in [0.2, 0.25) is 0 Å². The molecule has 2 aromatic carbocycles. The van der Waals surface area contributed by atoms with Gasteiger partial charge in [0.1, 0.15) is 0 Å². The maximum Gasteiger partial charge on any atom is 0.251 e. The molecule has 0 bridgehead atoms. The zero-order chi connectivity index (χ0) is 14.7. The van der Waals surface area contributed by atoms with Gasteiger partial charge in [0.25, 0.3) is 5.91 Å². The van der Waals surface area contributed by atoms with Crippen molar-refractivity contribution in [2.75, 3.05) is 0 Å². The van der Waals surface area contributed by atoms with Crippen LogP contribution in [-0.2, 0) is 5.54 Å². The second-order valence-electron chi connectivity index (χ2n) is 5.98. The lowest BCUT2D eigenvalue weighted by Gasteiger charge is -2.31. The SMILES string of the molecule is Cc1ccc(C(=O)NC2(c3ccccc3)CCCC2)cc1. The van der Waals surface area contributed by atoms with E-state index in [1.807, 2.05) is 49.4 Å². The van der Waals surface area contributed by atoms with Crippen LogP contribution in [0.25, 0.3) is 0 Å². The molecule has 21 heavy (non-hydrogen) atoms. The third-order valence-corrected chi connectivity index (χ3v) is 4.45. The minimum absolute atomic E-state index is 0.0285. The number of carbonyl (C=O) groups excluding carboxylic acids is 1. The summed E-state index contributed by atoms with van der Waals surface area (Å²) < 4.78 is 0. The Kier molecular flexibility index (Phi) is 3.78. The molecule has 0 heterocycles. The Morgan fingerprint density at radius 3 is 2.19 bits per heavy atom. The summed E-state index contributed by atoms with van der Waals surface area (Å²) in [6.07, 6.45) is 4.38. The molecule has 2 aromatic rings. The van der Waals surface area contributed by atoms with E-state index in [4.69, 9.17) is 0 Å². The number of benzene rings is 2. The number of hydrogen-bond donors (Lipinski definition) is 1. The van der Waals surface area contributed by atoms with Crippen molar-refractivity contribution in [1.82, 2.24) is 5.32 Å². The molecule has 0 saturated heterocycles. The monoisotopic (exact) mass is 279 g/mol. The van der Waals surface area contributed by atoms with Crippen LogP contribution in [0.4, 0.5) is 0 Å². The van der Waals surface area contributed by atoms with E-state index in [1.165, 1.54) is 24.0 Å².